The van der Waals surface area contributed by atoms with Crippen LogP contribution in [0.1, 0.15) is 39.5 Å². The zero-order valence-corrected chi connectivity index (χ0v) is 9.32. The van der Waals surface area contributed by atoms with Gasteiger partial charge in [0.1, 0.15) is 6.23 Å². The van der Waals surface area contributed by atoms with E-state index < -0.39 is 0 Å². The summed E-state index contributed by atoms with van der Waals surface area (Å²) in [5.74, 6) is 0. The van der Waals surface area contributed by atoms with Crippen LogP contribution in [-0.4, -0.2) is 34.3 Å². The molecular formula is C11H22N2O. The van der Waals surface area contributed by atoms with Crippen LogP contribution in [0.5, 0.6) is 0 Å². The lowest BCUT2D eigenvalue weighted by molar-refractivity contribution is 0.0180. The normalized spacial score (nSPS) is 17.9. The molecule has 14 heavy (non-hydrogen) atoms. The molecule has 0 saturated heterocycles. The summed E-state index contributed by atoms with van der Waals surface area (Å²) >= 11 is 0. The first-order chi connectivity index (χ1) is 6.77. The van der Waals surface area contributed by atoms with Gasteiger partial charge < -0.3 is 14.9 Å². The van der Waals surface area contributed by atoms with Crippen LogP contribution in [0.4, 0.5) is 0 Å². The second-order valence-electron chi connectivity index (χ2n) is 3.84. The molecule has 0 fully saturated rings. The molecule has 0 aromatic heterocycles. The predicted octanol–water partition coefficient (Wildman–Crippen LogP) is 1.95. The van der Waals surface area contributed by atoms with Crippen LogP contribution in [0.3, 0.4) is 0 Å². The van der Waals surface area contributed by atoms with E-state index in [0.717, 1.165) is 26.1 Å². The smallest absolute Gasteiger partial charge is 0.127 e. The molecule has 1 aliphatic rings. The first-order valence-corrected chi connectivity index (χ1v) is 5.64. The monoisotopic (exact) mass is 198 g/mol. The molecule has 0 aromatic carbocycles. The average molecular weight is 198 g/mol. The Balaban J connectivity index is 2.19. The number of aliphatic hydroxyl groups is 1. The van der Waals surface area contributed by atoms with Gasteiger partial charge in [0.05, 0.1) is 6.67 Å². The van der Waals surface area contributed by atoms with Gasteiger partial charge in [0.2, 0.25) is 0 Å². The lowest BCUT2D eigenvalue weighted by atomic mass is 10.2. The first kappa shape index (κ1) is 11.4. The minimum Gasteiger partial charge on any atom is -0.374 e. The molecule has 0 saturated carbocycles. The SMILES string of the molecule is CCCCCC(O)N1C=CN(CC)C1. The molecule has 0 bridgehead atoms. The van der Waals surface area contributed by atoms with Crippen molar-refractivity contribution in [3.63, 3.8) is 0 Å². The van der Waals surface area contributed by atoms with Crippen LogP contribution in [0.2, 0.25) is 0 Å². The molecule has 3 nitrogen and oxygen atoms in total. The fraction of sp³-hybridized carbons (Fsp3) is 0.818. The molecule has 0 spiro atoms. The molecule has 1 aliphatic heterocycles. The van der Waals surface area contributed by atoms with E-state index >= 15 is 0 Å². The van der Waals surface area contributed by atoms with Crippen molar-refractivity contribution in [1.82, 2.24) is 9.80 Å². The maximum atomic E-state index is 9.84. The largest absolute Gasteiger partial charge is 0.374 e. The Kier molecular flexibility index (Phi) is 4.80. The molecule has 0 amide bonds. The summed E-state index contributed by atoms with van der Waals surface area (Å²) in [5.41, 5.74) is 0. The molecule has 1 heterocycles. The Hall–Kier alpha value is -0.700. The number of aliphatic hydroxyl groups excluding tert-OH is 1. The third-order valence-corrected chi connectivity index (χ3v) is 2.67. The Morgan fingerprint density at radius 3 is 2.64 bits per heavy atom. The lowest BCUT2D eigenvalue weighted by Gasteiger charge is -2.25. The fourth-order valence-corrected chi connectivity index (χ4v) is 1.63. The van der Waals surface area contributed by atoms with Crippen LogP contribution in [0, 0.1) is 0 Å². The Bertz CT molecular complexity index is 182. The van der Waals surface area contributed by atoms with Gasteiger partial charge in [0.25, 0.3) is 0 Å². The highest BCUT2D eigenvalue weighted by atomic mass is 16.3. The van der Waals surface area contributed by atoms with Crippen molar-refractivity contribution in [2.45, 2.75) is 45.8 Å². The number of rotatable bonds is 6. The van der Waals surface area contributed by atoms with Gasteiger partial charge in [0.15, 0.2) is 0 Å². The van der Waals surface area contributed by atoms with Crippen LogP contribution in [-0.2, 0) is 0 Å². The number of unbranched alkanes of at least 4 members (excludes halogenated alkanes) is 2. The molecular weight excluding hydrogens is 176 g/mol. The molecule has 0 aliphatic carbocycles. The minimum absolute atomic E-state index is 0.297. The summed E-state index contributed by atoms with van der Waals surface area (Å²) in [6.45, 7) is 6.15. The number of nitrogens with zero attached hydrogens (tertiary/aromatic N) is 2. The van der Waals surface area contributed by atoms with Crippen molar-refractivity contribution in [3.05, 3.63) is 12.4 Å². The van der Waals surface area contributed by atoms with Crippen LogP contribution >= 0.6 is 0 Å². The van der Waals surface area contributed by atoms with Crippen LogP contribution in [0.25, 0.3) is 0 Å². The van der Waals surface area contributed by atoms with Gasteiger partial charge in [-0.05, 0) is 19.8 Å². The first-order valence-electron chi connectivity index (χ1n) is 5.64. The zero-order chi connectivity index (χ0) is 10.4. The van der Waals surface area contributed by atoms with Crippen LogP contribution < -0.4 is 0 Å². The van der Waals surface area contributed by atoms with Crippen LogP contribution in [0.15, 0.2) is 12.4 Å². The summed E-state index contributed by atoms with van der Waals surface area (Å²) in [6.07, 6.45) is 8.16. The van der Waals surface area contributed by atoms with Crippen molar-refractivity contribution < 1.29 is 5.11 Å². The second-order valence-corrected chi connectivity index (χ2v) is 3.84. The summed E-state index contributed by atoms with van der Waals surface area (Å²) < 4.78 is 0. The van der Waals surface area contributed by atoms with E-state index in [9.17, 15) is 5.11 Å². The van der Waals surface area contributed by atoms with Crippen molar-refractivity contribution in [1.29, 1.82) is 0 Å². The number of hydrogen-bond acceptors (Lipinski definition) is 3. The maximum absolute atomic E-state index is 9.84. The number of hydrogen-bond donors (Lipinski definition) is 1. The second kappa shape index (κ2) is 5.91. The lowest BCUT2D eigenvalue weighted by Crippen LogP contribution is -2.33. The maximum Gasteiger partial charge on any atom is 0.127 e. The Morgan fingerprint density at radius 1 is 1.29 bits per heavy atom. The standard InChI is InChI=1S/C11H22N2O/c1-3-5-6-7-11(14)13-9-8-12(4-2)10-13/h8-9,11,14H,3-7,10H2,1-2H3. The molecule has 1 unspecified atom stereocenters. The molecule has 3 heteroatoms. The predicted molar refractivity (Wildman–Crippen MR) is 58.4 cm³/mol. The quantitative estimate of drug-likeness (QED) is 0.661. The van der Waals surface area contributed by atoms with Gasteiger partial charge >= 0.3 is 0 Å². The molecule has 0 radical (unpaired) electrons. The van der Waals surface area contributed by atoms with E-state index in [1.54, 1.807) is 0 Å². The van der Waals surface area contributed by atoms with Crippen molar-refractivity contribution in [2.24, 2.45) is 0 Å². The van der Waals surface area contributed by atoms with Gasteiger partial charge in [-0.3, -0.25) is 0 Å². The molecule has 82 valence electrons. The van der Waals surface area contributed by atoms with E-state index in [4.69, 9.17) is 0 Å². The summed E-state index contributed by atoms with van der Waals surface area (Å²) in [4.78, 5) is 4.18. The summed E-state index contributed by atoms with van der Waals surface area (Å²) in [7, 11) is 0. The third-order valence-electron chi connectivity index (χ3n) is 2.67. The van der Waals surface area contributed by atoms with Crippen molar-refractivity contribution in [3.8, 4) is 0 Å². The Morgan fingerprint density at radius 2 is 2.07 bits per heavy atom. The molecule has 1 atom stereocenters. The van der Waals surface area contributed by atoms with Crippen molar-refractivity contribution in [2.75, 3.05) is 13.2 Å². The molecule has 0 aromatic rings. The van der Waals surface area contributed by atoms with E-state index in [0.29, 0.717) is 0 Å². The van der Waals surface area contributed by atoms with Gasteiger partial charge in [-0.15, -0.1) is 0 Å². The summed E-state index contributed by atoms with van der Waals surface area (Å²) in [5, 5.41) is 9.84. The third kappa shape index (κ3) is 3.22. The highest BCUT2D eigenvalue weighted by molar-refractivity contribution is 4.90. The zero-order valence-electron chi connectivity index (χ0n) is 9.32. The van der Waals surface area contributed by atoms with E-state index in [1.807, 2.05) is 17.3 Å². The minimum atomic E-state index is -0.297. The average Bonchev–Trinajstić information content (AvgIpc) is 2.66. The molecule has 1 rings (SSSR count). The Labute approximate surface area is 87.0 Å². The van der Waals surface area contributed by atoms with Gasteiger partial charge in [0, 0.05) is 18.9 Å². The molecule has 1 N–H and O–H groups in total. The fourth-order valence-electron chi connectivity index (χ4n) is 1.63. The highest BCUT2D eigenvalue weighted by Gasteiger charge is 2.17. The van der Waals surface area contributed by atoms with Crippen molar-refractivity contribution >= 4 is 0 Å². The topological polar surface area (TPSA) is 26.7 Å². The van der Waals surface area contributed by atoms with E-state index in [-0.39, 0.29) is 6.23 Å². The van der Waals surface area contributed by atoms with Gasteiger partial charge in [-0.25, -0.2) is 0 Å². The van der Waals surface area contributed by atoms with Gasteiger partial charge in [-0.2, -0.15) is 0 Å². The van der Waals surface area contributed by atoms with E-state index in [1.165, 1.54) is 12.8 Å². The van der Waals surface area contributed by atoms with E-state index in [2.05, 4.69) is 18.7 Å². The van der Waals surface area contributed by atoms with Gasteiger partial charge in [-0.1, -0.05) is 19.8 Å². The highest BCUT2D eigenvalue weighted by Crippen LogP contribution is 2.13. The summed E-state index contributed by atoms with van der Waals surface area (Å²) in [6, 6.07) is 0.